The Balaban J connectivity index is 2.59. The summed E-state index contributed by atoms with van der Waals surface area (Å²) in [4.78, 5) is 4.32. The molecular formula is C12H14FN3. The molecule has 0 fully saturated rings. The largest absolute Gasteiger partial charge is 0.383 e. The van der Waals surface area contributed by atoms with E-state index in [0.29, 0.717) is 22.6 Å². The second kappa shape index (κ2) is 3.63. The standard InChI is InChI=1S/C12H14FN3/c1-7-4-5-9(6-10(7)13)11-12(14)16(3)8(2)15-11/h4-6H,14H2,1-3H3. The van der Waals surface area contributed by atoms with E-state index >= 15 is 0 Å². The Hall–Kier alpha value is -1.84. The first kappa shape index (κ1) is 10.7. The monoisotopic (exact) mass is 219 g/mol. The summed E-state index contributed by atoms with van der Waals surface area (Å²) in [5.74, 6) is 1.13. The average Bonchev–Trinajstić information content (AvgIpc) is 2.50. The van der Waals surface area contributed by atoms with Crippen LogP contribution in [0, 0.1) is 19.7 Å². The van der Waals surface area contributed by atoms with E-state index in [0.717, 1.165) is 5.82 Å². The number of benzene rings is 1. The highest BCUT2D eigenvalue weighted by atomic mass is 19.1. The fraction of sp³-hybridized carbons (Fsp3) is 0.250. The molecule has 2 aromatic rings. The molecule has 4 heteroatoms. The number of rotatable bonds is 1. The lowest BCUT2D eigenvalue weighted by Gasteiger charge is -2.02. The maximum Gasteiger partial charge on any atom is 0.131 e. The van der Waals surface area contributed by atoms with Gasteiger partial charge in [0.05, 0.1) is 0 Å². The fourth-order valence-corrected chi connectivity index (χ4v) is 1.58. The highest BCUT2D eigenvalue weighted by molar-refractivity contribution is 5.71. The second-order valence-corrected chi connectivity index (χ2v) is 3.92. The van der Waals surface area contributed by atoms with Crippen LogP contribution >= 0.6 is 0 Å². The molecule has 0 radical (unpaired) electrons. The van der Waals surface area contributed by atoms with Crippen molar-refractivity contribution in [3.05, 3.63) is 35.4 Å². The molecule has 0 bridgehead atoms. The van der Waals surface area contributed by atoms with E-state index in [4.69, 9.17) is 5.73 Å². The van der Waals surface area contributed by atoms with Crippen LogP contribution in [0.1, 0.15) is 11.4 Å². The Morgan fingerprint density at radius 3 is 2.50 bits per heavy atom. The molecule has 1 aromatic heterocycles. The quantitative estimate of drug-likeness (QED) is 0.800. The highest BCUT2D eigenvalue weighted by Crippen LogP contribution is 2.26. The van der Waals surface area contributed by atoms with Crippen LogP contribution < -0.4 is 5.73 Å². The predicted octanol–water partition coefficient (Wildman–Crippen LogP) is 2.43. The molecule has 0 aliphatic heterocycles. The van der Waals surface area contributed by atoms with Crippen LogP contribution in [-0.2, 0) is 7.05 Å². The molecule has 0 aliphatic rings. The van der Waals surface area contributed by atoms with Gasteiger partial charge in [-0.05, 0) is 25.5 Å². The molecule has 16 heavy (non-hydrogen) atoms. The van der Waals surface area contributed by atoms with E-state index in [2.05, 4.69) is 4.98 Å². The number of hydrogen-bond acceptors (Lipinski definition) is 2. The van der Waals surface area contributed by atoms with Crippen molar-refractivity contribution in [1.82, 2.24) is 9.55 Å². The van der Waals surface area contributed by atoms with Crippen LogP contribution in [0.15, 0.2) is 18.2 Å². The van der Waals surface area contributed by atoms with Crippen LogP contribution in [0.2, 0.25) is 0 Å². The number of aromatic nitrogens is 2. The normalized spacial score (nSPS) is 10.8. The summed E-state index contributed by atoms with van der Waals surface area (Å²) >= 11 is 0. The van der Waals surface area contributed by atoms with E-state index in [1.807, 2.05) is 20.0 Å². The summed E-state index contributed by atoms with van der Waals surface area (Å²) in [6.45, 7) is 3.59. The minimum atomic E-state index is -0.236. The molecule has 0 saturated carbocycles. The van der Waals surface area contributed by atoms with Gasteiger partial charge in [-0.2, -0.15) is 0 Å². The molecule has 0 spiro atoms. The number of nitrogens with zero attached hydrogens (tertiary/aromatic N) is 2. The molecule has 1 heterocycles. The molecular weight excluding hydrogens is 205 g/mol. The van der Waals surface area contributed by atoms with E-state index < -0.39 is 0 Å². The van der Waals surface area contributed by atoms with E-state index in [9.17, 15) is 4.39 Å². The lowest BCUT2D eigenvalue weighted by molar-refractivity contribution is 0.619. The molecule has 2 N–H and O–H groups in total. The first-order chi connectivity index (χ1) is 7.50. The second-order valence-electron chi connectivity index (χ2n) is 3.92. The number of aryl methyl sites for hydroxylation is 2. The third-order valence-electron chi connectivity index (χ3n) is 2.81. The van der Waals surface area contributed by atoms with Gasteiger partial charge in [0, 0.05) is 12.6 Å². The SMILES string of the molecule is Cc1ccc(-c2nc(C)n(C)c2N)cc1F. The van der Waals surface area contributed by atoms with Crippen LogP contribution in [0.4, 0.5) is 10.2 Å². The van der Waals surface area contributed by atoms with Crippen LogP contribution in [0.25, 0.3) is 11.3 Å². The summed E-state index contributed by atoms with van der Waals surface area (Å²) in [5, 5.41) is 0. The van der Waals surface area contributed by atoms with Crippen LogP contribution in [0.5, 0.6) is 0 Å². The van der Waals surface area contributed by atoms with Crippen LogP contribution in [0.3, 0.4) is 0 Å². The summed E-state index contributed by atoms with van der Waals surface area (Å²) in [5.41, 5.74) is 7.87. The number of imidazole rings is 1. The fourth-order valence-electron chi connectivity index (χ4n) is 1.58. The van der Waals surface area contributed by atoms with Gasteiger partial charge < -0.3 is 10.3 Å². The molecule has 0 atom stereocenters. The first-order valence-corrected chi connectivity index (χ1v) is 5.06. The lowest BCUT2D eigenvalue weighted by Crippen LogP contribution is -1.98. The van der Waals surface area contributed by atoms with Crippen molar-refractivity contribution in [2.45, 2.75) is 13.8 Å². The van der Waals surface area contributed by atoms with E-state index in [1.54, 1.807) is 17.6 Å². The number of hydrogen-bond donors (Lipinski definition) is 1. The summed E-state index contributed by atoms with van der Waals surface area (Å²) in [6.07, 6.45) is 0. The van der Waals surface area contributed by atoms with E-state index in [1.165, 1.54) is 6.07 Å². The van der Waals surface area contributed by atoms with Gasteiger partial charge in [-0.1, -0.05) is 12.1 Å². The number of anilines is 1. The van der Waals surface area contributed by atoms with Gasteiger partial charge in [0.25, 0.3) is 0 Å². The zero-order valence-corrected chi connectivity index (χ0v) is 9.58. The smallest absolute Gasteiger partial charge is 0.131 e. The third-order valence-corrected chi connectivity index (χ3v) is 2.81. The minimum Gasteiger partial charge on any atom is -0.383 e. The minimum absolute atomic E-state index is 0.236. The molecule has 84 valence electrons. The Morgan fingerprint density at radius 2 is 2.00 bits per heavy atom. The van der Waals surface area contributed by atoms with Crippen molar-refractivity contribution >= 4 is 5.82 Å². The summed E-state index contributed by atoms with van der Waals surface area (Å²) in [6, 6.07) is 5.03. The van der Waals surface area contributed by atoms with Crippen molar-refractivity contribution < 1.29 is 4.39 Å². The van der Waals surface area contributed by atoms with Crippen molar-refractivity contribution in [2.24, 2.45) is 7.05 Å². The molecule has 0 amide bonds. The predicted molar refractivity (Wildman–Crippen MR) is 62.5 cm³/mol. The van der Waals surface area contributed by atoms with E-state index in [-0.39, 0.29) is 5.82 Å². The van der Waals surface area contributed by atoms with Crippen molar-refractivity contribution in [2.75, 3.05) is 5.73 Å². The van der Waals surface area contributed by atoms with Gasteiger partial charge in [-0.25, -0.2) is 9.37 Å². The topological polar surface area (TPSA) is 43.8 Å². The van der Waals surface area contributed by atoms with Crippen LogP contribution in [-0.4, -0.2) is 9.55 Å². The molecule has 3 nitrogen and oxygen atoms in total. The third kappa shape index (κ3) is 1.56. The van der Waals surface area contributed by atoms with Gasteiger partial charge in [-0.15, -0.1) is 0 Å². The van der Waals surface area contributed by atoms with Gasteiger partial charge in [0.15, 0.2) is 0 Å². The van der Waals surface area contributed by atoms with Gasteiger partial charge >= 0.3 is 0 Å². The average molecular weight is 219 g/mol. The maximum absolute atomic E-state index is 13.4. The number of nitrogen functional groups attached to an aromatic ring is 1. The Morgan fingerprint density at radius 1 is 1.31 bits per heavy atom. The Bertz CT molecular complexity index is 543. The van der Waals surface area contributed by atoms with Gasteiger partial charge in [-0.3, -0.25) is 0 Å². The zero-order valence-electron chi connectivity index (χ0n) is 9.58. The number of nitrogens with two attached hydrogens (primary N) is 1. The first-order valence-electron chi connectivity index (χ1n) is 5.06. The molecule has 0 unspecified atom stereocenters. The molecule has 1 aromatic carbocycles. The zero-order chi connectivity index (χ0) is 11.9. The van der Waals surface area contributed by atoms with Crippen molar-refractivity contribution in [3.8, 4) is 11.3 Å². The van der Waals surface area contributed by atoms with Crippen molar-refractivity contribution in [3.63, 3.8) is 0 Å². The Labute approximate surface area is 93.7 Å². The summed E-state index contributed by atoms with van der Waals surface area (Å²) in [7, 11) is 1.84. The Kier molecular flexibility index (Phi) is 2.42. The molecule has 0 saturated heterocycles. The van der Waals surface area contributed by atoms with Crippen molar-refractivity contribution in [1.29, 1.82) is 0 Å². The maximum atomic E-state index is 13.4. The van der Waals surface area contributed by atoms with Gasteiger partial charge in [0.2, 0.25) is 0 Å². The number of halogens is 1. The highest BCUT2D eigenvalue weighted by Gasteiger charge is 2.12. The molecule has 2 rings (SSSR count). The molecule has 0 aliphatic carbocycles. The summed E-state index contributed by atoms with van der Waals surface area (Å²) < 4.78 is 15.2. The lowest BCUT2D eigenvalue weighted by atomic mass is 10.1. The van der Waals surface area contributed by atoms with Gasteiger partial charge in [0.1, 0.15) is 23.2 Å².